The summed E-state index contributed by atoms with van der Waals surface area (Å²) in [5, 5.41) is 12.3. The summed E-state index contributed by atoms with van der Waals surface area (Å²) in [6.07, 6.45) is 1.36. The van der Waals surface area contributed by atoms with Crippen molar-refractivity contribution in [2.75, 3.05) is 33.2 Å². The maximum Gasteiger partial charge on any atom is 0.243 e. The second-order valence-electron chi connectivity index (χ2n) is 6.44. The Bertz CT molecular complexity index is 874. The molecule has 0 bridgehead atoms. The highest BCUT2D eigenvalue weighted by molar-refractivity contribution is 7.89. The molecule has 2 aromatic rings. The smallest absolute Gasteiger partial charge is 0.243 e. The van der Waals surface area contributed by atoms with E-state index in [1.165, 1.54) is 10.5 Å². The van der Waals surface area contributed by atoms with E-state index in [2.05, 4.69) is 4.90 Å². The molecule has 0 aromatic heterocycles. The molecule has 0 atom stereocenters. The first kappa shape index (κ1) is 18.6. The SMILES string of the molecule is CN1CCN(S(=O)(=O)c2ccccc2/C=[N+](\[O-])Cc2ccccc2)CC1. The number of hydroxylamine groups is 1. The van der Waals surface area contributed by atoms with Crippen LogP contribution < -0.4 is 0 Å². The van der Waals surface area contributed by atoms with Crippen LogP contribution in [0.2, 0.25) is 0 Å². The maximum atomic E-state index is 13.0. The summed E-state index contributed by atoms with van der Waals surface area (Å²) in [6.45, 7) is 2.49. The molecule has 0 aliphatic carbocycles. The van der Waals surface area contributed by atoms with Crippen LogP contribution in [0.5, 0.6) is 0 Å². The van der Waals surface area contributed by atoms with Crippen molar-refractivity contribution in [2.24, 2.45) is 0 Å². The average Bonchev–Trinajstić information content (AvgIpc) is 2.63. The minimum atomic E-state index is -3.62. The van der Waals surface area contributed by atoms with Crippen LogP contribution in [0, 0.1) is 5.21 Å². The quantitative estimate of drug-likeness (QED) is 0.347. The second-order valence-corrected chi connectivity index (χ2v) is 8.34. The topological polar surface area (TPSA) is 66.7 Å². The first-order chi connectivity index (χ1) is 12.5. The van der Waals surface area contributed by atoms with Gasteiger partial charge in [-0.3, -0.25) is 0 Å². The summed E-state index contributed by atoms with van der Waals surface area (Å²) in [5.41, 5.74) is 1.29. The van der Waals surface area contributed by atoms with Gasteiger partial charge in [0.05, 0.1) is 10.5 Å². The van der Waals surface area contributed by atoms with Crippen LogP contribution in [0.3, 0.4) is 0 Å². The van der Waals surface area contributed by atoms with Crippen LogP contribution in [0.1, 0.15) is 11.1 Å². The Morgan fingerprint density at radius 3 is 2.31 bits per heavy atom. The Kier molecular flexibility index (Phi) is 5.70. The van der Waals surface area contributed by atoms with Gasteiger partial charge in [-0.15, -0.1) is 0 Å². The number of rotatable bonds is 5. The standard InChI is InChI=1S/C19H23N3O3S/c1-20-11-13-22(14-12-20)26(24,25)19-10-6-5-9-18(19)16-21(23)15-17-7-3-2-4-8-17/h2-10,16H,11-15H2,1H3/b21-16-. The van der Waals surface area contributed by atoms with E-state index in [1.54, 1.807) is 24.3 Å². The Hall–Kier alpha value is -2.22. The monoisotopic (exact) mass is 373 g/mol. The van der Waals surface area contributed by atoms with Gasteiger partial charge in [-0.25, -0.2) is 13.2 Å². The molecule has 26 heavy (non-hydrogen) atoms. The van der Waals surface area contributed by atoms with E-state index >= 15 is 0 Å². The molecule has 1 heterocycles. The number of sulfonamides is 1. The summed E-state index contributed by atoms with van der Waals surface area (Å²) in [7, 11) is -1.65. The van der Waals surface area contributed by atoms with Crippen LogP contribution >= 0.6 is 0 Å². The van der Waals surface area contributed by atoms with Gasteiger partial charge in [0.25, 0.3) is 0 Å². The predicted octanol–water partition coefficient (Wildman–Crippen LogP) is 1.75. The van der Waals surface area contributed by atoms with Crippen molar-refractivity contribution in [3.63, 3.8) is 0 Å². The molecule has 0 saturated carbocycles. The average molecular weight is 373 g/mol. The van der Waals surface area contributed by atoms with Crippen molar-refractivity contribution in [2.45, 2.75) is 11.4 Å². The second kappa shape index (κ2) is 7.99. The van der Waals surface area contributed by atoms with E-state index in [4.69, 9.17) is 0 Å². The molecule has 0 N–H and O–H groups in total. The highest BCUT2D eigenvalue weighted by atomic mass is 32.2. The van der Waals surface area contributed by atoms with E-state index in [0.717, 1.165) is 10.3 Å². The minimum absolute atomic E-state index is 0.170. The molecule has 0 radical (unpaired) electrons. The van der Waals surface area contributed by atoms with Crippen LogP contribution in [-0.4, -0.2) is 61.8 Å². The molecule has 1 saturated heterocycles. The zero-order valence-corrected chi connectivity index (χ0v) is 15.6. The third kappa shape index (κ3) is 4.30. The van der Waals surface area contributed by atoms with E-state index in [0.29, 0.717) is 31.7 Å². The fourth-order valence-corrected chi connectivity index (χ4v) is 4.55. The van der Waals surface area contributed by atoms with E-state index < -0.39 is 10.0 Å². The molecule has 0 unspecified atom stereocenters. The van der Waals surface area contributed by atoms with Gasteiger partial charge >= 0.3 is 0 Å². The first-order valence-corrected chi connectivity index (χ1v) is 10.0. The number of piperazine rings is 1. The number of benzene rings is 2. The van der Waals surface area contributed by atoms with Gasteiger partial charge in [-0.05, 0) is 19.2 Å². The Morgan fingerprint density at radius 2 is 1.62 bits per heavy atom. The van der Waals surface area contributed by atoms with Crippen molar-refractivity contribution in [1.82, 2.24) is 9.21 Å². The van der Waals surface area contributed by atoms with Gasteiger partial charge in [0, 0.05) is 31.7 Å². The molecule has 138 valence electrons. The van der Waals surface area contributed by atoms with E-state index in [9.17, 15) is 13.6 Å². The van der Waals surface area contributed by atoms with Gasteiger partial charge < -0.3 is 10.1 Å². The van der Waals surface area contributed by atoms with Gasteiger partial charge in [0.15, 0.2) is 12.8 Å². The van der Waals surface area contributed by atoms with Crippen molar-refractivity contribution in [3.8, 4) is 0 Å². The van der Waals surface area contributed by atoms with Crippen molar-refractivity contribution >= 4 is 16.2 Å². The van der Waals surface area contributed by atoms with Crippen LogP contribution in [0.15, 0.2) is 59.5 Å². The highest BCUT2D eigenvalue weighted by Gasteiger charge is 2.29. The lowest BCUT2D eigenvalue weighted by Gasteiger charge is -2.31. The summed E-state index contributed by atoms with van der Waals surface area (Å²) in [6, 6.07) is 16.0. The van der Waals surface area contributed by atoms with Crippen LogP contribution in [0.25, 0.3) is 0 Å². The van der Waals surface area contributed by atoms with Crippen molar-refractivity contribution < 1.29 is 13.2 Å². The molecule has 7 heteroatoms. The summed E-state index contributed by atoms with van der Waals surface area (Å²) >= 11 is 0. The molecular weight excluding hydrogens is 350 g/mol. The number of nitrogens with zero attached hydrogens (tertiary/aromatic N) is 3. The number of hydrogen-bond acceptors (Lipinski definition) is 4. The number of hydrogen-bond donors (Lipinski definition) is 0. The minimum Gasteiger partial charge on any atom is -0.624 e. The van der Waals surface area contributed by atoms with E-state index in [1.807, 2.05) is 37.4 Å². The largest absolute Gasteiger partial charge is 0.624 e. The lowest BCUT2D eigenvalue weighted by molar-refractivity contribution is -0.469. The molecule has 0 amide bonds. The van der Waals surface area contributed by atoms with Gasteiger partial charge in [-0.1, -0.05) is 42.5 Å². The summed E-state index contributed by atoms with van der Waals surface area (Å²) in [4.78, 5) is 2.28. The zero-order valence-electron chi connectivity index (χ0n) is 14.8. The molecular formula is C19H23N3O3S. The van der Waals surface area contributed by atoms with Crippen molar-refractivity contribution in [1.29, 1.82) is 0 Å². The third-order valence-corrected chi connectivity index (χ3v) is 6.44. The molecule has 1 aliphatic heterocycles. The fourth-order valence-electron chi connectivity index (χ4n) is 2.95. The Labute approximate surface area is 154 Å². The lowest BCUT2D eigenvalue weighted by Crippen LogP contribution is -2.47. The lowest BCUT2D eigenvalue weighted by atomic mass is 10.2. The Balaban J connectivity index is 1.87. The first-order valence-electron chi connectivity index (χ1n) is 8.57. The van der Waals surface area contributed by atoms with Crippen LogP contribution in [0.4, 0.5) is 0 Å². The van der Waals surface area contributed by atoms with E-state index in [-0.39, 0.29) is 11.4 Å². The van der Waals surface area contributed by atoms with Gasteiger partial charge in [0.2, 0.25) is 10.0 Å². The molecule has 1 aliphatic rings. The molecule has 0 spiro atoms. The number of likely N-dealkylation sites (N-methyl/N-ethyl adjacent to an activating group) is 1. The highest BCUT2D eigenvalue weighted by Crippen LogP contribution is 2.20. The normalized spacial score (nSPS) is 17.3. The molecule has 1 fully saturated rings. The fraction of sp³-hybridized carbons (Fsp3) is 0.316. The van der Waals surface area contributed by atoms with Crippen LogP contribution in [-0.2, 0) is 16.6 Å². The molecule has 3 rings (SSSR count). The molecule has 2 aromatic carbocycles. The zero-order chi connectivity index (χ0) is 18.6. The van der Waals surface area contributed by atoms with Gasteiger partial charge in [0.1, 0.15) is 0 Å². The van der Waals surface area contributed by atoms with Gasteiger partial charge in [-0.2, -0.15) is 4.31 Å². The summed E-state index contributed by atoms with van der Waals surface area (Å²) < 4.78 is 28.3. The van der Waals surface area contributed by atoms with Crippen molar-refractivity contribution in [3.05, 3.63) is 70.9 Å². The molecule has 6 nitrogen and oxygen atoms in total. The maximum absolute atomic E-state index is 13.0. The predicted molar refractivity (Wildman–Crippen MR) is 102 cm³/mol. The third-order valence-electron chi connectivity index (χ3n) is 4.46. The Morgan fingerprint density at radius 1 is 1.00 bits per heavy atom. The summed E-state index contributed by atoms with van der Waals surface area (Å²) in [5.74, 6) is 0.